The Bertz CT molecular complexity index is 474. The van der Waals surface area contributed by atoms with Crippen LogP contribution in [-0.2, 0) is 10.0 Å². The quantitative estimate of drug-likeness (QED) is 0.899. The van der Waals surface area contributed by atoms with E-state index in [1.165, 1.54) is 18.5 Å². The molecule has 1 N–H and O–H groups in total. The highest BCUT2D eigenvalue weighted by atomic mass is 35.5. The van der Waals surface area contributed by atoms with Gasteiger partial charge in [-0.05, 0) is 18.4 Å². The number of aromatic nitrogens is 1. The molecule has 0 saturated heterocycles. The van der Waals surface area contributed by atoms with E-state index in [9.17, 15) is 8.42 Å². The summed E-state index contributed by atoms with van der Waals surface area (Å²) in [6.45, 7) is 5.89. The lowest BCUT2D eigenvalue weighted by Crippen LogP contribution is -2.38. The summed E-state index contributed by atoms with van der Waals surface area (Å²) in [5, 5.41) is 0.186. The standard InChI is InChI=1S/C11H17ClN2O2S/c1-4-10(8(2)3)14-17(15,16)11-7-13-6-5-9(11)12/h5-8,10,14H,4H2,1-3H3. The Morgan fingerprint density at radius 2 is 2.12 bits per heavy atom. The molecule has 0 saturated carbocycles. The Kier molecular flexibility index (Phi) is 4.91. The van der Waals surface area contributed by atoms with Crippen LogP contribution in [0.25, 0.3) is 0 Å². The van der Waals surface area contributed by atoms with Crippen LogP contribution in [0.5, 0.6) is 0 Å². The van der Waals surface area contributed by atoms with Crippen LogP contribution in [0.3, 0.4) is 0 Å². The number of hydrogen-bond donors (Lipinski definition) is 1. The number of nitrogens with zero attached hydrogens (tertiary/aromatic N) is 1. The van der Waals surface area contributed by atoms with Crippen LogP contribution in [0.15, 0.2) is 23.4 Å². The van der Waals surface area contributed by atoms with Gasteiger partial charge in [-0.25, -0.2) is 13.1 Å². The number of halogens is 1. The lowest BCUT2D eigenvalue weighted by atomic mass is 10.0. The minimum Gasteiger partial charge on any atom is -0.263 e. The van der Waals surface area contributed by atoms with Crippen LogP contribution in [0, 0.1) is 5.92 Å². The van der Waals surface area contributed by atoms with Crippen LogP contribution < -0.4 is 4.72 Å². The molecule has 0 amide bonds. The van der Waals surface area contributed by atoms with Crippen molar-refractivity contribution < 1.29 is 8.42 Å². The second kappa shape index (κ2) is 5.80. The highest BCUT2D eigenvalue weighted by molar-refractivity contribution is 7.89. The van der Waals surface area contributed by atoms with E-state index in [1.807, 2.05) is 20.8 Å². The van der Waals surface area contributed by atoms with Crippen molar-refractivity contribution in [3.8, 4) is 0 Å². The Hall–Kier alpha value is -0.650. The van der Waals surface area contributed by atoms with Gasteiger partial charge in [0.25, 0.3) is 0 Å². The predicted molar refractivity (Wildman–Crippen MR) is 68.5 cm³/mol. The molecule has 4 nitrogen and oxygen atoms in total. The van der Waals surface area contributed by atoms with Crippen molar-refractivity contribution in [3.63, 3.8) is 0 Å². The molecule has 6 heteroatoms. The molecule has 1 atom stereocenters. The Morgan fingerprint density at radius 3 is 2.59 bits per heavy atom. The first kappa shape index (κ1) is 14.4. The van der Waals surface area contributed by atoms with Crippen LogP contribution in [0.2, 0.25) is 5.02 Å². The highest BCUT2D eigenvalue weighted by Gasteiger charge is 2.23. The first-order valence-electron chi connectivity index (χ1n) is 5.50. The van der Waals surface area contributed by atoms with Crippen molar-refractivity contribution >= 4 is 21.6 Å². The summed E-state index contributed by atoms with van der Waals surface area (Å²) in [5.41, 5.74) is 0. The van der Waals surface area contributed by atoms with Gasteiger partial charge in [0.2, 0.25) is 10.0 Å². The molecule has 0 aliphatic carbocycles. The zero-order valence-corrected chi connectivity index (χ0v) is 11.7. The third-order valence-corrected chi connectivity index (χ3v) is 4.53. The van der Waals surface area contributed by atoms with E-state index in [0.717, 1.165) is 6.42 Å². The third-order valence-electron chi connectivity index (χ3n) is 2.57. The third kappa shape index (κ3) is 3.66. The molecular formula is C11H17ClN2O2S. The van der Waals surface area contributed by atoms with Crippen molar-refractivity contribution in [3.05, 3.63) is 23.5 Å². The van der Waals surface area contributed by atoms with Crippen molar-refractivity contribution in [2.45, 2.75) is 38.1 Å². The van der Waals surface area contributed by atoms with E-state index < -0.39 is 10.0 Å². The number of sulfonamides is 1. The van der Waals surface area contributed by atoms with Gasteiger partial charge in [0.15, 0.2) is 0 Å². The molecule has 96 valence electrons. The highest BCUT2D eigenvalue weighted by Crippen LogP contribution is 2.20. The maximum absolute atomic E-state index is 12.1. The summed E-state index contributed by atoms with van der Waals surface area (Å²) in [5.74, 6) is 0.227. The van der Waals surface area contributed by atoms with E-state index in [-0.39, 0.29) is 21.9 Å². The van der Waals surface area contributed by atoms with Crippen LogP contribution in [-0.4, -0.2) is 19.4 Å². The van der Waals surface area contributed by atoms with E-state index in [4.69, 9.17) is 11.6 Å². The van der Waals surface area contributed by atoms with Gasteiger partial charge < -0.3 is 0 Å². The number of pyridine rings is 1. The van der Waals surface area contributed by atoms with Crippen molar-refractivity contribution in [2.24, 2.45) is 5.92 Å². The van der Waals surface area contributed by atoms with E-state index in [0.29, 0.717) is 0 Å². The lowest BCUT2D eigenvalue weighted by Gasteiger charge is -2.20. The maximum Gasteiger partial charge on any atom is 0.243 e. The fourth-order valence-electron chi connectivity index (χ4n) is 1.51. The van der Waals surface area contributed by atoms with Crippen molar-refractivity contribution in [2.75, 3.05) is 0 Å². The summed E-state index contributed by atoms with van der Waals surface area (Å²) in [6, 6.07) is 1.36. The molecule has 1 heterocycles. The number of nitrogens with one attached hydrogen (secondary N) is 1. The first-order valence-corrected chi connectivity index (χ1v) is 7.36. The van der Waals surface area contributed by atoms with Crippen LogP contribution in [0.4, 0.5) is 0 Å². The molecule has 0 bridgehead atoms. The second-order valence-electron chi connectivity index (χ2n) is 4.19. The number of rotatable bonds is 5. The van der Waals surface area contributed by atoms with Gasteiger partial charge in [-0.15, -0.1) is 0 Å². The molecule has 0 fully saturated rings. The summed E-state index contributed by atoms with van der Waals surface area (Å²) >= 11 is 5.86. The van der Waals surface area contributed by atoms with E-state index in [2.05, 4.69) is 9.71 Å². The summed E-state index contributed by atoms with van der Waals surface area (Å²) in [4.78, 5) is 3.81. The van der Waals surface area contributed by atoms with Crippen molar-refractivity contribution in [1.82, 2.24) is 9.71 Å². The molecule has 17 heavy (non-hydrogen) atoms. The SMILES string of the molecule is CCC(NS(=O)(=O)c1cnccc1Cl)C(C)C. The van der Waals surface area contributed by atoms with Crippen LogP contribution >= 0.6 is 11.6 Å². The average Bonchev–Trinajstić information content (AvgIpc) is 2.26. The topological polar surface area (TPSA) is 59.1 Å². The average molecular weight is 277 g/mol. The second-order valence-corrected chi connectivity index (χ2v) is 6.28. The van der Waals surface area contributed by atoms with Gasteiger partial charge >= 0.3 is 0 Å². The fraction of sp³-hybridized carbons (Fsp3) is 0.545. The maximum atomic E-state index is 12.1. The van der Waals surface area contributed by atoms with Gasteiger partial charge in [0, 0.05) is 18.4 Å². The first-order chi connectivity index (χ1) is 7.88. The molecule has 0 aliphatic heterocycles. The molecule has 0 radical (unpaired) electrons. The molecule has 1 rings (SSSR count). The fourth-order valence-corrected chi connectivity index (χ4v) is 3.41. The zero-order valence-electron chi connectivity index (χ0n) is 10.1. The minimum absolute atomic E-state index is 0.0285. The number of hydrogen-bond acceptors (Lipinski definition) is 3. The van der Waals surface area contributed by atoms with Gasteiger partial charge in [-0.3, -0.25) is 4.98 Å². The van der Waals surface area contributed by atoms with E-state index in [1.54, 1.807) is 0 Å². The van der Waals surface area contributed by atoms with Gasteiger partial charge in [0.1, 0.15) is 4.90 Å². The molecule has 1 unspecified atom stereocenters. The minimum atomic E-state index is -3.59. The smallest absolute Gasteiger partial charge is 0.243 e. The van der Waals surface area contributed by atoms with Crippen LogP contribution in [0.1, 0.15) is 27.2 Å². The summed E-state index contributed by atoms with van der Waals surface area (Å²) in [7, 11) is -3.59. The van der Waals surface area contributed by atoms with Crippen molar-refractivity contribution in [1.29, 1.82) is 0 Å². The Morgan fingerprint density at radius 1 is 1.47 bits per heavy atom. The summed E-state index contributed by atoms with van der Waals surface area (Å²) in [6.07, 6.45) is 3.45. The molecule has 0 aromatic carbocycles. The lowest BCUT2D eigenvalue weighted by molar-refractivity contribution is 0.437. The molecule has 0 spiro atoms. The molecule has 1 aromatic heterocycles. The largest absolute Gasteiger partial charge is 0.263 e. The zero-order chi connectivity index (χ0) is 13.1. The normalized spacial score (nSPS) is 13.9. The predicted octanol–water partition coefficient (Wildman–Crippen LogP) is 2.45. The van der Waals surface area contributed by atoms with Gasteiger partial charge in [-0.2, -0.15) is 0 Å². The Labute approximate surface area is 107 Å². The van der Waals surface area contributed by atoms with Gasteiger partial charge in [-0.1, -0.05) is 32.4 Å². The molecule has 0 aliphatic rings. The van der Waals surface area contributed by atoms with E-state index >= 15 is 0 Å². The monoisotopic (exact) mass is 276 g/mol. The molecule has 1 aromatic rings. The summed E-state index contributed by atoms with van der Waals surface area (Å²) < 4.78 is 26.8. The Balaban J connectivity index is 3.01. The molecular weight excluding hydrogens is 260 g/mol. The van der Waals surface area contributed by atoms with Gasteiger partial charge in [0.05, 0.1) is 5.02 Å².